The first-order valence-electron chi connectivity index (χ1n) is 6.79. The van der Waals surface area contributed by atoms with Gasteiger partial charge in [-0.3, -0.25) is 4.79 Å². The van der Waals surface area contributed by atoms with Crippen molar-refractivity contribution in [2.24, 2.45) is 0 Å². The molecule has 0 spiro atoms. The smallest absolute Gasteiger partial charge is 0.228 e. The maximum atomic E-state index is 11.5. The van der Waals surface area contributed by atoms with Gasteiger partial charge in [-0.05, 0) is 42.2 Å². The summed E-state index contributed by atoms with van der Waals surface area (Å²) in [6.45, 7) is 4.17. The molecule has 0 fully saturated rings. The Morgan fingerprint density at radius 3 is 2.71 bits per heavy atom. The summed E-state index contributed by atoms with van der Waals surface area (Å²) in [5.74, 6) is 0.0241. The zero-order chi connectivity index (χ0) is 15.1. The van der Waals surface area contributed by atoms with E-state index in [0.29, 0.717) is 11.4 Å². The van der Waals surface area contributed by atoms with Gasteiger partial charge in [-0.15, -0.1) is 0 Å². The number of carbonyl (C=O) groups excluding carboxylic acids is 1. The van der Waals surface area contributed by atoms with Gasteiger partial charge in [-0.1, -0.05) is 57.4 Å². The van der Waals surface area contributed by atoms with Crippen LogP contribution in [0.3, 0.4) is 0 Å². The van der Waals surface area contributed by atoms with Gasteiger partial charge in [0.2, 0.25) is 5.91 Å². The second-order valence-electron chi connectivity index (χ2n) is 5.48. The van der Waals surface area contributed by atoms with Crippen molar-refractivity contribution < 1.29 is 4.79 Å². The lowest BCUT2D eigenvalue weighted by Gasteiger charge is -2.17. The number of aryl methyl sites for hydroxylation is 2. The van der Waals surface area contributed by atoms with E-state index < -0.39 is 0 Å². The summed E-state index contributed by atoms with van der Waals surface area (Å²) in [5.41, 5.74) is 6.47. The van der Waals surface area contributed by atoms with Crippen LogP contribution in [0.4, 0.5) is 5.69 Å². The molecule has 0 saturated carbocycles. The number of hydrogen-bond acceptors (Lipinski definition) is 1. The second-order valence-corrected chi connectivity index (χ2v) is 6.80. The Balaban J connectivity index is 2.06. The lowest BCUT2D eigenvalue weighted by Crippen LogP contribution is -2.03. The molecule has 1 atom stereocenters. The Morgan fingerprint density at radius 1 is 1.19 bits per heavy atom. The van der Waals surface area contributed by atoms with Gasteiger partial charge in [0.15, 0.2) is 0 Å². The molecule has 0 saturated heterocycles. The van der Waals surface area contributed by atoms with Crippen molar-refractivity contribution in [1.29, 1.82) is 0 Å². The Morgan fingerprint density at radius 2 is 1.95 bits per heavy atom. The van der Waals surface area contributed by atoms with E-state index in [1.165, 1.54) is 16.7 Å². The quantitative estimate of drug-likeness (QED) is 0.752. The van der Waals surface area contributed by atoms with E-state index in [9.17, 15) is 4.79 Å². The van der Waals surface area contributed by atoms with Crippen LogP contribution < -0.4 is 5.32 Å². The van der Waals surface area contributed by atoms with Crippen LogP contribution in [-0.4, -0.2) is 5.91 Å². The van der Waals surface area contributed by atoms with Crippen LogP contribution in [0.15, 0.2) is 30.3 Å². The summed E-state index contributed by atoms with van der Waals surface area (Å²) in [6.07, 6.45) is 0.423. The fraction of sp³-hybridized carbons (Fsp3) is 0.235. The summed E-state index contributed by atoms with van der Waals surface area (Å²) >= 11 is 10.2. The maximum absolute atomic E-state index is 11.5. The Kier molecular flexibility index (Phi) is 3.80. The maximum Gasteiger partial charge on any atom is 0.228 e. The minimum Gasteiger partial charge on any atom is -0.325 e. The molecule has 0 radical (unpaired) electrons. The Hall–Kier alpha value is -1.32. The van der Waals surface area contributed by atoms with Crippen LogP contribution in [0, 0.1) is 13.8 Å². The van der Waals surface area contributed by atoms with Crippen molar-refractivity contribution in [2.45, 2.75) is 25.1 Å². The summed E-state index contributed by atoms with van der Waals surface area (Å²) in [6, 6.07) is 10.3. The molecular formula is C17H15BrClNO. The molecule has 2 aromatic carbocycles. The Bertz CT molecular complexity index is 742. The van der Waals surface area contributed by atoms with Crippen LogP contribution in [0.5, 0.6) is 0 Å². The molecule has 0 aliphatic carbocycles. The van der Waals surface area contributed by atoms with Gasteiger partial charge >= 0.3 is 0 Å². The fourth-order valence-corrected chi connectivity index (χ4v) is 3.94. The van der Waals surface area contributed by atoms with Crippen LogP contribution in [0.1, 0.15) is 32.6 Å². The zero-order valence-corrected chi connectivity index (χ0v) is 14.2. The molecule has 0 bridgehead atoms. The average molecular weight is 365 g/mol. The van der Waals surface area contributed by atoms with Crippen LogP contribution >= 0.6 is 27.5 Å². The molecule has 1 heterocycles. The number of anilines is 1. The van der Waals surface area contributed by atoms with Gasteiger partial charge in [0.1, 0.15) is 0 Å². The highest BCUT2D eigenvalue weighted by atomic mass is 79.9. The Labute approximate surface area is 137 Å². The number of nitrogens with one attached hydrogen (secondary N) is 1. The van der Waals surface area contributed by atoms with Crippen molar-refractivity contribution >= 4 is 39.1 Å². The highest BCUT2D eigenvalue weighted by Crippen LogP contribution is 2.40. The molecule has 2 aromatic rings. The number of benzene rings is 2. The topological polar surface area (TPSA) is 29.1 Å². The molecule has 1 aliphatic rings. The molecule has 1 N–H and O–H groups in total. The first kappa shape index (κ1) is 14.6. The molecular weight excluding hydrogens is 350 g/mol. The standard InChI is InChI=1S/C17H15BrClNO/c1-9-3-4-10(2)12(5-9)17(18)13-6-11-7-16(21)20-15(11)8-14(13)19/h3-6,8,17H,7H2,1-2H3,(H,20,21). The van der Waals surface area contributed by atoms with Gasteiger partial charge in [0.05, 0.1) is 11.2 Å². The minimum absolute atomic E-state index is 0.0194. The monoisotopic (exact) mass is 363 g/mol. The molecule has 21 heavy (non-hydrogen) atoms. The van der Waals surface area contributed by atoms with E-state index in [-0.39, 0.29) is 10.7 Å². The number of rotatable bonds is 2. The van der Waals surface area contributed by atoms with E-state index in [1.807, 2.05) is 12.1 Å². The number of carbonyl (C=O) groups is 1. The highest BCUT2D eigenvalue weighted by Gasteiger charge is 2.23. The summed E-state index contributed by atoms with van der Waals surface area (Å²) in [7, 11) is 0. The third-order valence-corrected chi connectivity index (χ3v) is 5.14. The third-order valence-electron chi connectivity index (χ3n) is 3.83. The number of hydrogen-bond donors (Lipinski definition) is 1. The molecule has 4 heteroatoms. The van der Waals surface area contributed by atoms with Crippen LogP contribution in [0.2, 0.25) is 5.02 Å². The van der Waals surface area contributed by atoms with Crippen molar-refractivity contribution in [1.82, 2.24) is 0 Å². The van der Waals surface area contributed by atoms with Gasteiger partial charge in [0.25, 0.3) is 0 Å². The molecule has 1 aliphatic heterocycles. The van der Waals surface area contributed by atoms with Gasteiger partial charge in [0, 0.05) is 10.7 Å². The van der Waals surface area contributed by atoms with E-state index in [4.69, 9.17) is 11.6 Å². The molecule has 1 unspecified atom stereocenters. The normalized spacial score (nSPS) is 14.8. The van der Waals surface area contributed by atoms with Gasteiger partial charge < -0.3 is 5.32 Å². The van der Waals surface area contributed by atoms with E-state index >= 15 is 0 Å². The van der Waals surface area contributed by atoms with E-state index in [1.54, 1.807) is 0 Å². The van der Waals surface area contributed by atoms with Crippen molar-refractivity contribution in [2.75, 3.05) is 5.32 Å². The minimum atomic E-state index is 0.0194. The van der Waals surface area contributed by atoms with Crippen molar-refractivity contribution in [3.8, 4) is 0 Å². The third kappa shape index (κ3) is 2.72. The van der Waals surface area contributed by atoms with E-state index in [0.717, 1.165) is 16.8 Å². The van der Waals surface area contributed by atoms with Crippen LogP contribution in [0.25, 0.3) is 0 Å². The summed E-state index contributed by atoms with van der Waals surface area (Å²) in [4.78, 5) is 11.5. The lowest BCUT2D eigenvalue weighted by atomic mass is 9.97. The fourth-order valence-electron chi connectivity index (χ4n) is 2.66. The largest absolute Gasteiger partial charge is 0.325 e. The number of halogens is 2. The number of amides is 1. The predicted octanol–water partition coefficient (Wildman–Crippen LogP) is 4.94. The summed E-state index contributed by atoms with van der Waals surface area (Å²) < 4.78 is 0. The molecule has 108 valence electrons. The van der Waals surface area contributed by atoms with E-state index in [2.05, 4.69) is 53.3 Å². The molecule has 2 nitrogen and oxygen atoms in total. The number of alkyl halides is 1. The molecule has 1 amide bonds. The van der Waals surface area contributed by atoms with Crippen molar-refractivity contribution in [3.05, 3.63) is 63.2 Å². The van der Waals surface area contributed by atoms with Gasteiger partial charge in [-0.2, -0.15) is 0 Å². The predicted molar refractivity (Wildman–Crippen MR) is 90.5 cm³/mol. The van der Waals surface area contributed by atoms with Crippen LogP contribution in [-0.2, 0) is 11.2 Å². The van der Waals surface area contributed by atoms with Gasteiger partial charge in [-0.25, -0.2) is 0 Å². The lowest BCUT2D eigenvalue weighted by molar-refractivity contribution is -0.115. The first-order chi connectivity index (χ1) is 9.95. The molecule has 3 rings (SSSR count). The molecule has 0 aromatic heterocycles. The highest BCUT2D eigenvalue weighted by molar-refractivity contribution is 9.09. The van der Waals surface area contributed by atoms with Crippen molar-refractivity contribution in [3.63, 3.8) is 0 Å². The first-order valence-corrected chi connectivity index (χ1v) is 8.08. The zero-order valence-electron chi connectivity index (χ0n) is 11.8. The number of fused-ring (bicyclic) bond motifs is 1. The summed E-state index contributed by atoms with van der Waals surface area (Å²) in [5, 5.41) is 3.49. The SMILES string of the molecule is Cc1ccc(C)c(C(Br)c2cc3c(cc2Cl)NC(=O)C3)c1. The second kappa shape index (κ2) is 5.47. The average Bonchev–Trinajstić information content (AvgIpc) is 2.79.